The summed E-state index contributed by atoms with van der Waals surface area (Å²) in [7, 11) is 3.97. The minimum absolute atomic E-state index is 0.0281. The Hall–Kier alpha value is -2.18. The van der Waals surface area contributed by atoms with Crippen LogP contribution in [0.4, 0.5) is 0 Å². The predicted molar refractivity (Wildman–Crippen MR) is 121 cm³/mol. The molecule has 0 unspecified atom stereocenters. The summed E-state index contributed by atoms with van der Waals surface area (Å²) in [4.78, 5) is 22.0. The first kappa shape index (κ1) is 21.5. The summed E-state index contributed by atoms with van der Waals surface area (Å²) < 4.78 is 7.71. The van der Waals surface area contributed by atoms with Crippen LogP contribution in [0.15, 0.2) is 29.1 Å². The standard InChI is InChI=1S/C23H31N3O2S/c1-15-16(2)29-21-20(15)22(27)26(19(24-21)14-25(6)7)12-13-28-18-10-8-17(9-11-18)23(3,4)5/h8-11H,12-14H2,1-7H3. The van der Waals surface area contributed by atoms with E-state index in [9.17, 15) is 4.79 Å². The van der Waals surface area contributed by atoms with Gasteiger partial charge in [0.15, 0.2) is 0 Å². The van der Waals surface area contributed by atoms with E-state index in [-0.39, 0.29) is 11.0 Å². The summed E-state index contributed by atoms with van der Waals surface area (Å²) in [5.41, 5.74) is 2.45. The van der Waals surface area contributed by atoms with Gasteiger partial charge in [0.05, 0.1) is 18.5 Å². The zero-order chi connectivity index (χ0) is 21.3. The minimum atomic E-state index is 0.0281. The molecule has 6 heteroatoms. The van der Waals surface area contributed by atoms with Gasteiger partial charge in [0.2, 0.25) is 0 Å². The van der Waals surface area contributed by atoms with Crippen LogP contribution < -0.4 is 10.3 Å². The molecule has 0 fully saturated rings. The molecule has 0 saturated carbocycles. The van der Waals surface area contributed by atoms with Gasteiger partial charge in [0.25, 0.3) is 5.56 Å². The van der Waals surface area contributed by atoms with Crippen molar-refractivity contribution in [2.45, 2.75) is 53.1 Å². The highest BCUT2D eigenvalue weighted by Crippen LogP contribution is 2.27. The minimum Gasteiger partial charge on any atom is -0.492 e. The van der Waals surface area contributed by atoms with Crippen LogP contribution in [0.5, 0.6) is 5.75 Å². The first-order valence-electron chi connectivity index (χ1n) is 9.95. The Morgan fingerprint density at radius 3 is 2.38 bits per heavy atom. The quantitative estimate of drug-likeness (QED) is 0.596. The molecule has 0 aliphatic heterocycles. The number of aryl methyl sites for hydroxylation is 2. The number of nitrogens with zero attached hydrogens (tertiary/aromatic N) is 3. The maximum absolute atomic E-state index is 13.2. The molecular weight excluding hydrogens is 382 g/mol. The molecule has 3 aromatic rings. The first-order valence-corrected chi connectivity index (χ1v) is 10.8. The number of benzene rings is 1. The third-order valence-electron chi connectivity index (χ3n) is 5.13. The fourth-order valence-electron chi connectivity index (χ4n) is 3.31. The van der Waals surface area contributed by atoms with Crippen LogP contribution in [-0.4, -0.2) is 35.2 Å². The van der Waals surface area contributed by atoms with E-state index in [1.807, 2.05) is 45.0 Å². The lowest BCUT2D eigenvalue weighted by atomic mass is 9.87. The number of thiophene rings is 1. The van der Waals surface area contributed by atoms with Gasteiger partial charge in [-0.25, -0.2) is 4.98 Å². The van der Waals surface area contributed by atoms with Crippen molar-refractivity contribution < 1.29 is 4.74 Å². The number of hydrogen-bond donors (Lipinski definition) is 0. The van der Waals surface area contributed by atoms with E-state index in [0.29, 0.717) is 19.7 Å². The molecule has 156 valence electrons. The van der Waals surface area contributed by atoms with E-state index >= 15 is 0 Å². The van der Waals surface area contributed by atoms with Crippen molar-refractivity contribution in [3.05, 3.63) is 56.4 Å². The molecule has 1 aromatic carbocycles. The Kier molecular flexibility index (Phi) is 6.15. The fourth-order valence-corrected chi connectivity index (χ4v) is 4.35. The summed E-state index contributed by atoms with van der Waals surface area (Å²) in [5, 5.41) is 0.740. The molecule has 0 amide bonds. The van der Waals surface area contributed by atoms with Crippen LogP contribution >= 0.6 is 11.3 Å². The molecule has 2 aromatic heterocycles. The number of hydrogen-bond acceptors (Lipinski definition) is 5. The van der Waals surface area contributed by atoms with E-state index in [0.717, 1.165) is 32.2 Å². The highest BCUT2D eigenvalue weighted by molar-refractivity contribution is 7.18. The molecule has 2 heterocycles. The van der Waals surface area contributed by atoms with Crippen LogP contribution in [0.2, 0.25) is 0 Å². The second kappa shape index (κ2) is 8.28. The van der Waals surface area contributed by atoms with Crippen molar-refractivity contribution in [1.29, 1.82) is 0 Å². The Balaban J connectivity index is 1.84. The third kappa shape index (κ3) is 4.70. The SMILES string of the molecule is Cc1sc2nc(CN(C)C)n(CCOc3ccc(C(C)(C)C)cc3)c(=O)c2c1C. The highest BCUT2D eigenvalue weighted by Gasteiger charge is 2.17. The largest absolute Gasteiger partial charge is 0.492 e. The molecule has 29 heavy (non-hydrogen) atoms. The lowest BCUT2D eigenvalue weighted by Crippen LogP contribution is -2.30. The smallest absolute Gasteiger partial charge is 0.262 e. The van der Waals surface area contributed by atoms with Crippen molar-refractivity contribution in [3.63, 3.8) is 0 Å². The Morgan fingerprint density at radius 2 is 1.79 bits per heavy atom. The molecule has 0 aliphatic rings. The van der Waals surface area contributed by atoms with Gasteiger partial charge in [-0.1, -0.05) is 32.9 Å². The van der Waals surface area contributed by atoms with Gasteiger partial charge in [-0.15, -0.1) is 11.3 Å². The average Bonchev–Trinajstić information content (AvgIpc) is 2.91. The summed E-state index contributed by atoms with van der Waals surface area (Å²) in [6.07, 6.45) is 0. The summed E-state index contributed by atoms with van der Waals surface area (Å²) >= 11 is 1.59. The second-order valence-corrected chi connectivity index (χ2v) is 10.0. The second-order valence-electron chi connectivity index (χ2n) is 8.81. The topological polar surface area (TPSA) is 47.4 Å². The van der Waals surface area contributed by atoms with Crippen LogP contribution in [-0.2, 0) is 18.5 Å². The molecule has 5 nitrogen and oxygen atoms in total. The van der Waals surface area contributed by atoms with E-state index in [1.165, 1.54) is 5.56 Å². The van der Waals surface area contributed by atoms with Crippen molar-refractivity contribution in [2.24, 2.45) is 0 Å². The Labute approximate surface area is 177 Å². The number of ether oxygens (including phenoxy) is 1. The van der Waals surface area contributed by atoms with Gasteiger partial charge in [0.1, 0.15) is 23.0 Å². The summed E-state index contributed by atoms with van der Waals surface area (Å²) in [6.45, 7) is 12.1. The Bertz CT molecular complexity index is 1060. The van der Waals surface area contributed by atoms with E-state index in [4.69, 9.17) is 9.72 Å². The summed E-state index contributed by atoms with van der Waals surface area (Å²) in [5.74, 6) is 1.59. The number of rotatable bonds is 6. The zero-order valence-electron chi connectivity index (χ0n) is 18.5. The van der Waals surface area contributed by atoms with E-state index in [1.54, 1.807) is 15.9 Å². The van der Waals surface area contributed by atoms with E-state index in [2.05, 4.69) is 32.9 Å². The molecule has 0 radical (unpaired) electrons. The van der Waals surface area contributed by atoms with Crippen LogP contribution in [0.25, 0.3) is 10.2 Å². The first-order chi connectivity index (χ1) is 13.6. The van der Waals surface area contributed by atoms with Gasteiger partial charge < -0.3 is 9.64 Å². The molecule has 0 bridgehead atoms. The molecule has 0 aliphatic carbocycles. The highest BCUT2D eigenvalue weighted by atomic mass is 32.1. The lowest BCUT2D eigenvalue weighted by molar-refractivity contribution is 0.287. The third-order valence-corrected chi connectivity index (χ3v) is 6.23. The average molecular weight is 414 g/mol. The van der Waals surface area contributed by atoms with Gasteiger partial charge in [0, 0.05) is 4.88 Å². The normalized spacial score (nSPS) is 12.1. The van der Waals surface area contributed by atoms with E-state index < -0.39 is 0 Å². The number of aromatic nitrogens is 2. The predicted octanol–water partition coefficient (Wildman–Crippen LogP) is 4.51. The molecule has 0 saturated heterocycles. The fraction of sp³-hybridized carbons (Fsp3) is 0.478. The molecule has 0 spiro atoms. The van der Waals surface area contributed by atoms with Crippen LogP contribution in [0, 0.1) is 13.8 Å². The van der Waals surface area contributed by atoms with Gasteiger partial charge in [-0.05, 0) is 56.6 Å². The maximum atomic E-state index is 13.2. The summed E-state index contributed by atoms with van der Waals surface area (Å²) in [6, 6.07) is 8.20. The van der Waals surface area contributed by atoms with Gasteiger partial charge in [-0.2, -0.15) is 0 Å². The van der Waals surface area contributed by atoms with Crippen molar-refractivity contribution in [2.75, 3.05) is 20.7 Å². The Morgan fingerprint density at radius 1 is 1.14 bits per heavy atom. The lowest BCUT2D eigenvalue weighted by Gasteiger charge is -2.19. The van der Waals surface area contributed by atoms with Gasteiger partial charge in [-0.3, -0.25) is 9.36 Å². The van der Waals surface area contributed by atoms with Crippen LogP contribution in [0.3, 0.4) is 0 Å². The molecule has 3 rings (SSSR count). The molecule has 0 N–H and O–H groups in total. The maximum Gasteiger partial charge on any atom is 0.262 e. The zero-order valence-corrected chi connectivity index (χ0v) is 19.3. The van der Waals surface area contributed by atoms with Crippen molar-refractivity contribution >= 4 is 21.6 Å². The molecular formula is C23H31N3O2S. The van der Waals surface area contributed by atoms with Gasteiger partial charge >= 0.3 is 0 Å². The van der Waals surface area contributed by atoms with Crippen LogP contribution in [0.1, 0.15) is 42.6 Å². The van der Waals surface area contributed by atoms with Crippen molar-refractivity contribution in [1.82, 2.24) is 14.5 Å². The number of fused-ring (bicyclic) bond motifs is 1. The monoisotopic (exact) mass is 413 g/mol. The molecule has 0 atom stereocenters. The van der Waals surface area contributed by atoms with Crippen molar-refractivity contribution in [3.8, 4) is 5.75 Å².